The molecule has 0 fully saturated rings. The number of nitrogens with zero attached hydrogens (tertiary/aromatic N) is 5. The molecule has 3 heterocycles. The second-order valence-corrected chi connectivity index (χ2v) is 6.70. The Labute approximate surface area is 141 Å². The van der Waals surface area contributed by atoms with Gasteiger partial charge < -0.3 is 0 Å². The molecule has 1 aromatic carbocycles. The Morgan fingerprint density at radius 1 is 0.870 bits per heavy atom. The molecule has 0 aliphatic carbocycles. The zero-order valence-corrected chi connectivity index (χ0v) is 13.5. The second kappa shape index (κ2) is 6.31. The molecule has 0 saturated carbocycles. The molecular weight excluding hydrogens is 326 g/mol. The summed E-state index contributed by atoms with van der Waals surface area (Å²) in [6, 6.07) is 15.8. The van der Waals surface area contributed by atoms with Crippen LogP contribution in [-0.4, -0.2) is 24.7 Å². The van der Waals surface area contributed by atoms with Crippen molar-refractivity contribution in [1.29, 1.82) is 0 Å². The number of benzene rings is 1. The lowest BCUT2D eigenvalue weighted by Crippen LogP contribution is -2.00. The predicted octanol–water partition coefficient (Wildman–Crippen LogP) is 3.94. The van der Waals surface area contributed by atoms with Crippen molar-refractivity contribution in [3.8, 4) is 17.2 Å². The van der Waals surface area contributed by atoms with Gasteiger partial charge in [0.25, 0.3) is 0 Å². The van der Waals surface area contributed by atoms with E-state index in [1.54, 1.807) is 23.7 Å². The van der Waals surface area contributed by atoms with Crippen molar-refractivity contribution in [3.63, 3.8) is 0 Å². The number of rotatable bonds is 4. The number of hydrogen-bond donors (Lipinski definition) is 0. The summed E-state index contributed by atoms with van der Waals surface area (Å²) < 4.78 is 2.94. The van der Waals surface area contributed by atoms with Crippen molar-refractivity contribution < 1.29 is 0 Å². The van der Waals surface area contributed by atoms with Gasteiger partial charge in [-0.05, 0) is 36.0 Å². The van der Waals surface area contributed by atoms with Crippen LogP contribution in [0.3, 0.4) is 0 Å². The van der Waals surface area contributed by atoms with E-state index in [4.69, 9.17) is 0 Å². The van der Waals surface area contributed by atoms with Crippen LogP contribution in [0.2, 0.25) is 0 Å². The highest BCUT2D eigenvalue weighted by Crippen LogP contribution is 2.32. The van der Waals surface area contributed by atoms with Crippen molar-refractivity contribution in [2.75, 3.05) is 0 Å². The summed E-state index contributed by atoms with van der Waals surface area (Å²) in [6.07, 6.45) is 3.54. The van der Waals surface area contributed by atoms with E-state index < -0.39 is 0 Å². The Hall–Kier alpha value is -2.51. The van der Waals surface area contributed by atoms with Gasteiger partial charge >= 0.3 is 0 Å². The second-order valence-electron chi connectivity index (χ2n) is 4.59. The topological polar surface area (TPSA) is 56.5 Å². The molecule has 3 aromatic heterocycles. The van der Waals surface area contributed by atoms with Gasteiger partial charge in [-0.3, -0.25) is 9.55 Å². The van der Waals surface area contributed by atoms with Crippen molar-refractivity contribution in [2.45, 2.75) is 9.50 Å². The Balaban J connectivity index is 1.86. The number of thiazole rings is 1. The SMILES string of the molecule is c1ccc(-n2c(Sc3nccs3)nnc2-c2ccccn2)cc1. The molecule has 7 heteroatoms. The minimum atomic E-state index is 0.718. The summed E-state index contributed by atoms with van der Waals surface area (Å²) in [4.78, 5) is 8.71. The first-order valence-corrected chi connectivity index (χ1v) is 8.61. The molecule has 0 radical (unpaired) electrons. The van der Waals surface area contributed by atoms with E-state index in [0.29, 0.717) is 0 Å². The van der Waals surface area contributed by atoms with E-state index in [0.717, 1.165) is 26.7 Å². The van der Waals surface area contributed by atoms with Gasteiger partial charge in [-0.25, -0.2) is 4.98 Å². The van der Waals surface area contributed by atoms with Gasteiger partial charge in [0.1, 0.15) is 5.69 Å². The first kappa shape index (κ1) is 14.1. The van der Waals surface area contributed by atoms with Gasteiger partial charge in [0, 0.05) is 23.5 Å². The van der Waals surface area contributed by atoms with E-state index in [9.17, 15) is 0 Å². The fourth-order valence-electron chi connectivity index (χ4n) is 2.15. The summed E-state index contributed by atoms with van der Waals surface area (Å²) in [5.41, 5.74) is 1.78. The zero-order valence-electron chi connectivity index (χ0n) is 11.9. The highest BCUT2D eigenvalue weighted by Gasteiger charge is 2.17. The van der Waals surface area contributed by atoms with E-state index in [2.05, 4.69) is 20.2 Å². The highest BCUT2D eigenvalue weighted by molar-refractivity contribution is 8.00. The lowest BCUT2D eigenvalue weighted by molar-refractivity contribution is 0.884. The molecule has 0 spiro atoms. The van der Waals surface area contributed by atoms with Crippen molar-refractivity contribution >= 4 is 23.1 Å². The molecule has 5 nitrogen and oxygen atoms in total. The Morgan fingerprint density at radius 3 is 2.48 bits per heavy atom. The fraction of sp³-hybridized carbons (Fsp3) is 0. The van der Waals surface area contributed by atoms with Crippen LogP contribution in [0.1, 0.15) is 0 Å². The first-order chi connectivity index (χ1) is 11.4. The third kappa shape index (κ3) is 2.88. The predicted molar refractivity (Wildman–Crippen MR) is 90.8 cm³/mol. The molecule has 112 valence electrons. The van der Waals surface area contributed by atoms with Gasteiger partial charge in [0.2, 0.25) is 5.16 Å². The number of aromatic nitrogens is 5. The van der Waals surface area contributed by atoms with Crippen LogP contribution < -0.4 is 0 Å². The van der Waals surface area contributed by atoms with Gasteiger partial charge in [-0.2, -0.15) is 0 Å². The van der Waals surface area contributed by atoms with Crippen LogP contribution in [-0.2, 0) is 0 Å². The highest BCUT2D eigenvalue weighted by atomic mass is 32.2. The smallest absolute Gasteiger partial charge is 0.203 e. The first-order valence-electron chi connectivity index (χ1n) is 6.91. The molecule has 4 aromatic rings. The Morgan fingerprint density at radius 2 is 1.74 bits per heavy atom. The van der Waals surface area contributed by atoms with E-state index in [-0.39, 0.29) is 0 Å². The maximum absolute atomic E-state index is 4.40. The van der Waals surface area contributed by atoms with Crippen LogP contribution in [0.5, 0.6) is 0 Å². The summed E-state index contributed by atoms with van der Waals surface area (Å²) in [7, 11) is 0. The number of pyridine rings is 1. The van der Waals surface area contributed by atoms with Crippen molar-refractivity contribution in [3.05, 3.63) is 66.3 Å². The lowest BCUT2D eigenvalue weighted by Gasteiger charge is -2.08. The third-order valence-electron chi connectivity index (χ3n) is 3.13. The molecule has 4 rings (SSSR count). The summed E-state index contributed by atoms with van der Waals surface area (Å²) in [5, 5.41) is 11.4. The Bertz CT molecular complexity index is 889. The number of para-hydroxylation sites is 1. The van der Waals surface area contributed by atoms with Crippen LogP contribution in [0.25, 0.3) is 17.2 Å². The van der Waals surface area contributed by atoms with Gasteiger partial charge in [-0.15, -0.1) is 21.5 Å². The van der Waals surface area contributed by atoms with Crippen LogP contribution in [0, 0.1) is 0 Å². The minimum Gasteiger partial charge on any atom is -0.268 e. The molecule has 0 unspecified atom stereocenters. The standard InChI is InChI=1S/C16H11N5S2/c1-2-6-12(7-3-1)21-14(13-8-4-5-9-17-13)19-20-15(21)23-16-18-10-11-22-16/h1-11H. The van der Waals surface area contributed by atoms with Gasteiger partial charge in [0.05, 0.1) is 0 Å². The largest absolute Gasteiger partial charge is 0.268 e. The molecule has 0 aliphatic rings. The minimum absolute atomic E-state index is 0.718. The maximum atomic E-state index is 4.40. The van der Waals surface area contributed by atoms with Crippen LogP contribution in [0.15, 0.2) is 75.8 Å². The summed E-state index contributed by atoms with van der Waals surface area (Å²) >= 11 is 3.08. The average molecular weight is 337 g/mol. The van der Waals surface area contributed by atoms with Gasteiger partial charge in [0.15, 0.2) is 10.2 Å². The third-order valence-corrected chi connectivity index (χ3v) is 4.96. The lowest BCUT2D eigenvalue weighted by atomic mass is 10.3. The molecule has 0 N–H and O–H groups in total. The van der Waals surface area contributed by atoms with Crippen molar-refractivity contribution in [1.82, 2.24) is 24.7 Å². The van der Waals surface area contributed by atoms with E-state index >= 15 is 0 Å². The zero-order chi connectivity index (χ0) is 15.5. The maximum Gasteiger partial charge on any atom is 0.203 e. The average Bonchev–Trinajstić information content (AvgIpc) is 3.27. The molecular formula is C16H11N5S2. The number of hydrogen-bond acceptors (Lipinski definition) is 6. The molecule has 0 amide bonds. The fourth-order valence-corrected chi connectivity index (χ4v) is 3.72. The molecule has 0 saturated heterocycles. The van der Waals surface area contributed by atoms with E-state index in [1.807, 2.05) is 58.5 Å². The summed E-state index contributed by atoms with van der Waals surface area (Å²) in [5.74, 6) is 0.718. The van der Waals surface area contributed by atoms with Crippen molar-refractivity contribution in [2.24, 2.45) is 0 Å². The molecule has 0 bridgehead atoms. The normalized spacial score (nSPS) is 10.8. The molecule has 0 atom stereocenters. The molecule has 0 aliphatic heterocycles. The quantitative estimate of drug-likeness (QED) is 0.564. The molecule has 23 heavy (non-hydrogen) atoms. The van der Waals surface area contributed by atoms with E-state index in [1.165, 1.54) is 11.8 Å². The monoisotopic (exact) mass is 337 g/mol. The van der Waals surface area contributed by atoms with Crippen LogP contribution in [0.4, 0.5) is 0 Å². The summed E-state index contributed by atoms with van der Waals surface area (Å²) in [6.45, 7) is 0. The Kier molecular flexibility index (Phi) is 3.87. The van der Waals surface area contributed by atoms with Crippen LogP contribution >= 0.6 is 23.1 Å². The van der Waals surface area contributed by atoms with Gasteiger partial charge in [-0.1, -0.05) is 24.3 Å².